The molecular formula is C21H20O13. The van der Waals surface area contributed by atoms with Crippen LogP contribution < -0.4 is 4.74 Å². The Morgan fingerprint density at radius 1 is 1.03 bits per heavy atom. The van der Waals surface area contributed by atoms with Crippen molar-refractivity contribution in [2.24, 2.45) is 0 Å². The summed E-state index contributed by atoms with van der Waals surface area (Å²) in [5.41, 5.74) is -0.869. The summed E-state index contributed by atoms with van der Waals surface area (Å²) in [7, 11) is 1.16. The van der Waals surface area contributed by atoms with Crippen LogP contribution in [0.4, 0.5) is 0 Å². The topological polar surface area (TPSA) is 213 Å². The normalized spacial score (nSPS) is 25.6. The number of ether oxygens (including phenoxy) is 4. The van der Waals surface area contributed by atoms with Crippen LogP contribution in [0.5, 0.6) is 34.5 Å². The van der Waals surface area contributed by atoms with Gasteiger partial charge in [0, 0.05) is 5.56 Å². The predicted octanol–water partition coefficient (Wildman–Crippen LogP) is -0.219. The molecule has 34 heavy (non-hydrogen) atoms. The van der Waals surface area contributed by atoms with E-state index < -0.39 is 83.4 Å². The van der Waals surface area contributed by atoms with Crippen LogP contribution in [0.2, 0.25) is 0 Å². The van der Waals surface area contributed by atoms with Crippen molar-refractivity contribution in [3.63, 3.8) is 0 Å². The standard InChI is InChI=1S/C21H20O13/c1-31-16-10(25)4-7-12(15(16)28)17-19(34-21(7)30)18(14(27)11(5-22)32-17)33-20(29)6-2-8(23)13(26)9(24)3-6/h2-4,11,14,17-19,22-28H,5H2,1H3/t11?,14?,17-,18?,19-/m0/s1. The molecule has 1 fully saturated rings. The maximum Gasteiger partial charge on any atom is 0.339 e. The molecule has 5 atom stereocenters. The molecule has 0 aliphatic carbocycles. The maximum atomic E-state index is 12.7. The fourth-order valence-corrected chi connectivity index (χ4v) is 3.98. The Kier molecular flexibility index (Phi) is 5.77. The van der Waals surface area contributed by atoms with Crippen molar-refractivity contribution in [3.8, 4) is 34.5 Å². The first-order valence-electron chi connectivity index (χ1n) is 9.83. The van der Waals surface area contributed by atoms with Gasteiger partial charge in [0.2, 0.25) is 5.75 Å². The van der Waals surface area contributed by atoms with Crippen LogP contribution in [0.15, 0.2) is 18.2 Å². The van der Waals surface area contributed by atoms with E-state index in [0.29, 0.717) is 0 Å². The van der Waals surface area contributed by atoms with Gasteiger partial charge in [0.15, 0.2) is 41.0 Å². The lowest BCUT2D eigenvalue weighted by atomic mass is 9.86. The van der Waals surface area contributed by atoms with E-state index >= 15 is 0 Å². The Hall–Kier alpha value is -3.94. The van der Waals surface area contributed by atoms with Crippen molar-refractivity contribution in [3.05, 3.63) is 34.9 Å². The Morgan fingerprint density at radius 3 is 2.26 bits per heavy atom. The van der Waals surface area contributed by atoms with Crippen molar-refractivity contribution >= 4 is 11.9 Å². The highest BCUT2D eigenvalue weighted by molar-refractivity contribution is 5.95. The molecule has 0 radical (unpaired) electrons. The number of fused-ring (bicyclic) bond motifs is 3. The first-order valence-corrected chi connectivity index (χ1v) is 9.83. The van der Waals surface area contributed by atoms with Crippen LogP contribution in [0.25, 0.3) is 0 Å². The second kappa shape index (κ2) is 8.44. The first kappa shape index (κ1) is 23.2. The number of phenolic OH excluding ortho intramolecular Hbond substituents is 5. The number of aliphatic hydroxyl groups is 2. The van der Waals surface area contributed by atoms with E-state index in [1.807, 2.05) is 0 Å². The van der Waals surface area contributed by atoms with Gasteiger partial charge in [-0.15, -0.1) is 0 Å². The Balaban J connectivity index is 1.75. The van der Waals surface area contributed by atoms with E-state index in [2.05, 4.69) is 0 Å². The van der Waals surface area contributed by atoms with Crippen LogP contribution >= 0.6 is 0 Å². The number of aromatic hydroxyl groups is 5. The summed E-state index contributed by atoms with van der Waals surface area (Å²) in [5.74, 6) is -6.32. The second-order valence-corrected chi connectivity index (χ2v) is 7.61. The number of benzene rings is 2. The number of methoxy groups -OCH3 is 1. The van der Waals surface area contributed by atoms with Gasteiger partial charge in [-0.05, 0) is 18.2 Å². The van der Waals surface area contributed by atoms with Crippen molar-refractivity contribution < 1.29 is 64.3 Å². The first-order chi connectivity index (χ1) is 16.1. The summed E-state index contributed by atoms with van der Waals surface area (Å²) in [4.78, 5) is 25.3. The molecule has 0 bridgehead atoms. The van der Waals surface area contributed by atoms with Gasteiger partial charge >= 0.3 is 11.9 Å². The minimum Gasteiger partial charge on any atom is -0.504 e. The molecule has 4 rings (SSSR count). The molecule has 2 aliphatic heterocycles. The van der Waals surface area contributed by atoms with E-state index in [4.69, 9.17) is 18.9 Å². The number of carbonyl (C=O) groups excluding carboxylic acids is 2. The lowest BCUT2D eigenvalue weighted by Crippen LogP contribution is -2.59. The van der Waals surface area contributed by atoms with E-state index in [1.165, 1.54) is 0 Å². The van der Waals surface area contributed by atoms with E-state index in [-0.39, 0.29) is 16.9 Å². The fourth-order valence-electron chi connectivity index (χ4n) is 3.98. The lowest BCUT2D eigenvalue weighted by molar-refractivity contribution is -0.235. The molecular weight excluding hydrogens is 460 g/mol. The number of carbonyl (C=O) groups is 2. The molecule has 0 amide bonds. The SMILES string of the molecule is COc1c(O)cc2c(c1O)[C@@H]1OC(CO)C(O)C(OC(=O)c3cc(O)c(O)c(O)c3)[C@H]1OC2=O. The van der Waals surface area contributed by atoms with Gasteiger partial charge < -0.3 is 54.7 Å². The molecule has 0 saturated carbocycles. The van der Waals surface area contributed by atoms with Gasteiger partial charge in [-0.25, -0.2) is 9.59 Å². The summed E-state index contributed by atoms with van der Waals surface area (Å²) >= 11 is 0. The zero-order valence-corrected chi connectivity index (χ0v) is 17.4. The van der Waals surface area contributed by atoms with Crippen molar-refractivity contribution in [1.82, 2.24) is 0 Å². The predicted molar refractivity (Wildman–Crippen MR) is 107 cm³/mol. The fraction of sp³-hybridized carbons (Fsp3) is 0.333. The Morgan fingerprint density at radius 2 is 1.68 bits per heavy atom. The molecule has 0 spiro atoms. The smallest absolute Gasteiger partial charge is 0.339 e. The summed E-state index contributed by atoms with van der Waals surface area (Å²) < 4.78 is 21.2. The van der Waals surface area contributed by atoms with Gasteiger partial charge in [-0.2, -0.15) is 0 Å². The maximum absolute atomic E-state index is 12.7. The third-order valence-electron chi connectivity index (χ3n) is 5.62. The van der Waals surface area contributed by atoms with Gasteiger partial charge in [0.25, 0.3) is 0 Å². The monoisotopic (exact) mass is 480 g/mol. The Labute approximate surface area is 190 Å². The highest BCUT2D eigenvalue weighted by atomic mass is 16.6. The number of hydrogen-bond donors (Lipinski definition) is 7. The van der Waals surface area contributed by atoms with Gasteiger partial charge in [0.1, 0.15) is 18.3 Å². The molecule has 2 aromatic rings. The zero-order chi connectivity index (χ0) is 24.9. The minimum absolute atomic E-state index is 0.178. The van der Waals surface area contributed by atoms with Crippen LogP contribution in [-0.4, -0.2) is 85.8 Å². The van der Waals surface area contributed by atoms with Gasteiger partial charge in [0.05, 0.1) is 24.8 Å². The van der Waals surface area contributed by atoms with Crippen LogP contribution in [0, 0.1) is 0 Å². The third-order valence-corrected chi connectivity index (χ3v) is 5.62. The Bertz CT molecular complexity index is 1140. The molecule has 2 heterocycles. The molecule has 0 aromatic heterocycles. The van der Waals surface area contributed by atoms with Crippen LogP contribution in [0.1, 0.15) is 32.4 Å². The second-order valence-electron chi connectivity index (χ2n) is 7.61. The average Bonchev–Trinajstić information content (AvgIpc) is 2.79. The number of rotatable bonds is 4. The molecule has 2 aliphatic rings. The van der Waals surface area contributed by atoms with Crippen molar-refractivity contribution in [2.75, 3.05) is 13.7 Å². The van der Waals surface area contributed by atoms with Gasteiger partial charge in [-0.1, -0.05) is 0 Å². The number of hydrogen-bond acceptors (Lipinski definition) is 13. The summed E-state index contributed by atoms with van der Waals surface area (Å²) in [5, 5.41) is 69.8. The zero-order valence-electron chi connectivity index (χ0n) is 17.4. The molecule has 7 N–H and O–H groups in total. The number of aliphatic hydroxyl groups excluding tert-OH is 2. The van der Waals surface area contributed by atoms with Crippen molar-refractivity contribution in [2.45, 2.75) is 30.5 Å². The van der Waals surface area contributed by atoms with Crippen molar-refractivity contribution in [1.29, 1.82) is 0 Å². The highest BCUT2D eigenvalue weighted by Crippen LogP contribution is 2.50. The summed E-state index contributed by atoms with van der Waals surface area (Å²) in [6.45, 7) is -0.752. The van der Waals surface area contributed by atoms with Crippen LogP contribution in [0.3, 0.4) is 0 Å². The van der Waals surface area contributed by atoms with Crippen LogP contribution in [-0.2, 0) is 14.2 Å². The quantitative estimate of drug-likeness (QED) is 0.223. The molecule has 13 nitrogen and oxygen atoms in total. The van der Waals surface area contributed by atoms with E-state index in [9.17, 15) is 45.3 Å². The highest BCUT2D eigenvalue weighted by Gasteiger charge is 2.54. The summed E-state index contributed by atoms with van der Waals surface area (Å²) in [6, 6.07) is 2.58. The molecule has 3 unspecified atom stereocenters. The third kappa shape index (κ3) is 3.55. The summed E-state index contributed by atoms with van der Waals surface area (Å²) in [6.07, 6.45) is -7.57. The average molecular weight is 480 g/mol. The molecule has 2 aromatic carbocycles. The molecule has 13 heteroatoms. The van der Waals surface area contributed by atoms with Gasteiger partial charge in [-0.3, -0.25) is 0 Å². The molecule has 1 saturated heterocycles. The molecule has 182 valence electrons. The number of phenols is 5. The lowest BCUT2D eigenvalue weighted by Gasteiger charge is -2.45. The van der Waals surface area contributed by atoms with E-state index in [0.717, 1.165) is 25.3 Å². The largest absolute Gasteiger partial charge is 0.504 e. The minimum atomic E-state index is -1.70. The number of esters is 2. The van der Waals surface area contributed by atoms with E-state index in [1.54, 1.807) is 0 Å².